The zero-order chi connectivity index (χ0) is 16.1. The van der Waals surface area contributed by atoms with E-state index in [-0.39, 0.29) is 6.10 Å². The third-order valence-corrected chi connectivity index (χ3v) is 4.06. The van der Waals surface area contributed by atoms with Crippen LogP contribution in [0, 0.1) is 0 Å². The molecule has 1 aliphatic heterocycles. The highest BCUT2D eigenvalue weighted by Crippen LogP contribution is 2.14. The van der Waals surface area contributed by atoms with Crippen molar-refractivity contribution in [3.05, 3.63) is 42.4 Å². The minimum Gasteiger partial charge on any atom is -0.375 e. The lowest BCUT2D eigenvalue weighted by Crippen LogP contribution is -2.34. The van der Waals surface area contributed by atoms with Gasteiger partial charge in [-0.25, -0.2) is 4.98 Å². The van der Waals surface area contributed by atoms with Crippen LogP contribution in [0.3, 0.4) is 0 Å². The number of nitrogens with zero attached hydrogens (tertiary/aromatic N) is 5. The summed E-state index contributed by atoms with van der Waals surface area (Å²) in [4.78, 5) is 8.97. The summed E-state index contributed by atoms with van der Waals surface area (Å²) in [5.41, 5.74) is 1.25. The standard InChI is InChI=1S/C17H25N5O/c1-20(2)17-6-5-15(11-18-17)12-21-8-4-10-23-16(13-21)14-22-9-3-7-19-22/h3,5-7,9,11,16H,4,8,10,12-14H2,1-2H3/t16-/m1/s1. The van der Waals surface area contributed by atoms with Gasteiger partial charge in [0.05, 0.1) is 12.6 Å². The van der Waals surface area contributed by atoms with Crippen LogP contribution in [0.15, 0.2) is 36.8 Å². The third kappa shape index (κ3) is 4.53. The van der Waals surface area contributed by atoms with Gasteiger partial charge in [-0.3, -0.25) is 9.58 Å². The first-order valence-corrected chi connectivity index (χ1v) is 8.14. The molecule has 0 aromatic carbocycles. The van der Waals surface area contributed by atoms with Gasteiger partial charge in [-0.05, 0) is 24.1 Å². The number of aromatic nitrogens is 3. The average molecular weight is 315 g/mol. The van der Waals surface area contributed by atoms with Gasteiger partial charge < -0.3 is 9.64 Å². The molecule has 3 rings (SSSR count). The average Bonchev–Trinajstić information content (AvgIpc) is 2.95. The fraction of sp³-hybridized carbons (Fsp3) is 0.529. The lowest BCUT2D eigenvalue weighted by atomic mass is 10.2. The zero-order valence-corrected chi connectivity index (χ0v) is 13.9. The molecule has 0 spiro atoms. The Hall–Kier alpha value is -1.92. The number of hydrogen-bond acceptors (Lipinski definition) is 5. The lowest BCUT2D eigenvalue weighted by molar-refractivity contribution is 0.0391. The molecule has 6 nitrogen and oxygen atoms in total. The van der Waals surface area contributed by atoms with Crippen molar-refractivity contribution in [2.24, 2.45) is 0 Å². The van der Waals surface area contributed by atoms with Gasteiger partial charge in [-0.1, -0.05) is 6.07 Å². The van der Waals surface area contributed by atoms with E-state index in [2.05, 4.69) is 27.1 Å². The Bertz CT molecular complexity index is 582. The van der Waals surface area contributed by atoms with Crippen LogP contribution in [0.4, 0.5) is 5.82 Å². The normalized spacial score (nSPS) is 19.5. The molecule has 0 saturated carbocycles. The summed E-state index contributed by atoms with van der Waals surface area (Å²) >= 11 is 0. The second-order valence-electron chi connectivity index (χ2n) is 6.23. The highest BCUT2D eigenvalue weighted by atomic mass is 16.5. The van der Waals surface area contributed by atoms with Crippen molar-refractivity contribution >= 4 is 5.82 Å². The smallest absolute Gasteiger partial charge is 0.127 e. The number of rotatable bonds is 5. The quantitative estimate of drug-likeness (QED) is 0.839. The summed E-state index contributed by atoms with van der Waals surface area (Å²) < 4.78 is 7.92. The molecule has 1 saturated heterocycles. The summed E-state index contributed by atoms with van der Waals surface area (Å²) in [5.74, 6) is 0.990. The van der Waals surface area contributed by atoms with E-state index in [9.17, 15) is 0 Å². The molecule has 2 aromatic rings. The van der Waals surface area contributed by atoms with Gasteiger partial charge in [0.2, 0.25) is 0 Å². The van der Waals surface area contributed by atoms with Gasteiger partial charge in [0.1, 0.15) is 5.82 Å². The van der Waals surface area contributed by atoms with Crippen molar-refractivity contribution in [2.45, 2.75) is 25.6 Å². The SMILES string of the molecule is CN(C)c1ccc(CN2CCCO[C@@H](Cn3cccn3)C2)cn1. The van der Waals surface area contributed by atoms with E-state index in [1.807, 2.05) is 48.3 Å². The predicted octanol–water partition coefficient (Wildman–Crippen LogP) is 1.64. The van der Waals surface area contributed by atoms with Crippen LogP contribution in [0.25, 0.3) is 0 Å². The van der Waals surface area contributed by atoms with Crippen LogP contribution in [-0.2, 0) is 17.8 Å². The minimum atomic E-state index is 0.186. The summed E-state index contributed by atoms with van der Waals surface area (Å²) in [5, 5.41) is 4.28. The Kier molecular flexibility index (Phi) is 5.25. The monoisotopic (exact) mass is 315 g/mol. The second-order valence-corrected chi connectivity index (χ2v) is 6.23. The topological polar surface area (TPSA) is 46.4 Å². The zero-order valence-electron chi connectivity index (χ0n) is 13.9. The molecule has 0 aliphatic carbocycles. The Morgan fingerprint density at radius 3 is 2.96 bits per heavy atom. The van der Waals surface area contributed by atoms with Crippen LogP contribution in [-0.4, -0.2) is 59.6 Å². The Morgan fingerprint density at radius 1 is 1.35 bits per heavy atom. The first-order valence-electron chi connectivity index (χ1n) is 8.14. The number of anilines is 1. The van der Waals surface area contributed by atoms with E-state index >= 15 is 0 Å². The molecule has 0 radical (unpaired) electrons. The van der Waals surface area contributed by atoms with E-state index < -0.39 is 0 Å². The largest absolute Gasteiger partial charge is 0.375 e. The van der Waals surface area contributed by atoms with Crippen molar-refractivity contribution in [3.63, 3.8) is 0 Å². The summed E-state index contributed by atoms with van der Waals surface area (Å²) in [6, 6.07) is 6.19. The molecule has 124 valence electrons. The van der Waals surface area contributed by atoms with Gasteiger partial charge in [0.25, 0.3) is 0 Å². The van der Waals surface area contributed by atoms with Gasteiger partial charge >= 0.3 is 0 Å². The molecule has 0 amide bonds. The van der Waals surface area contributed by atoms with Gasteiger partial charge in [0, 0.05) is 58.9 Å². The highest BCUT2D eigenvalue weighted by Gasteiger charge is 2.19. The molecule has 1 aliphatic rings. The fourth-order valence-electron chi connectivity index (χ4n) is 2.87. The minimum absolute atomic E-state index is 0.186. The van der Waals surface area contributed by atoms with Gasteiger partial charge in [-0.2, -0.15) is 5.10 Å². The van der Waals surface area contributed by atoms with Crippen molar-refractivity contribution in [1.29, 1.82) is 0 Å². The van der Waals surface area contributed by atoms with E-state index in [1.165, 1.54) is 5.56 Å². The summed E-state index contributed by atoms with van der Waals surface area (Å²) in [6.45, 7) is 4.53. The maximum absolute atomic E-state index is 5.97. The van der Waals surface area contributed by atoms with Crippen molar-refractivity contribution in [1.82, 2.24) is 19.7 Å². The molecule has 0 N–H and O–H groups in total. The number of ether oxygens (including phenoxy) is 1. The van der Waals surface area contributed by atoms with E-state index in [1.54, 1.807) is 0 Å². The molecule has 3 heterocycles. The molecule has 2 aromatic heterocycles. The molecule has 0 unspecified atom stereocenters. The van der Waals surface area contributed by atoms with E-state index in [4.69, 9.17) is 4.74 Å². The highest BCUT2D eigenvalue weighted by molar-refractivity contribution is 5.37. The third-order valence-electron chi connectivity index (χ3n) is 4.06. The second kappa shape index (κ2) is 7.57. The van der Waals surface area contributed by atoms with E-state index in [0.29, 0.717) is 0 Å². The summed E-state index contributed by atoms with van der Waals surface area (Å²) in [7, 11) is 4.02. The number of hydrogen-bond donors (Lipinski definition) is 0. The summed E-state index contributed by atoms with van der Waals surface area (Å²) in [6.07, 6.45) is 7.03. The number of pyridine rings is 1. The predicted molar refractivity (Wildman–Crippen MR) is 90.4 cm³/mol. The fourth-order valence-corrected chi connectivity index (χ4v) is 2.87. The Labute approximate surface area is 137 Å². The van der Waals surface area contributed by atoms with Crippen LogP contribution >= 0.6 is 0 Å². The maximum Gasteiger partial charge on any atom is 0.127 e. The van der Waals surface area contributed by atoms with Crippen molar-refractivity contribution < 1.29 is 4.74 Å². The van der Waals surface area contributed by atoms with Crippen molar-refractivity contribution in [3.8, 4) is 0 Å². The van der Waals surface area contributed by atoms with Gasteiger partial charge in [-0.15, -0.1) is 0 Å². The molecule has 1 fully saturated rings. The first-order chi connectivity index (χ1) is 11.2. The Balaban J connectivity index is 1.59. The molecule has 0 bridgehead atoms. The van der Waals surface area contributed by atoms with Crippen LogP contribution in [0.5, 0.6) is 0 Å². The molecule has 1 atom stereocenters. The van der Waals surface area contributed by atoms with Crippen LogP contribution < -0.4 is 4.90 Å². The van der Waals surface area contributed by atoms with Crippen LogP contribution in [0.2, 0.25) is 0 Å². The maximum atomic E-state index is 5.97. The lowest BCUT2D eigenvalue weighted by Gasteiger charge is -2.24. The van der Waals surface area contributed by atoms with Crippen molar-refractivity contribution in [2.75, 3.05) is 38.7 Å². The van der Waals surface area contributed by atoms with Gasteiger partial charge in [0.15, 0.2) is 0 Å². The Morgan fingerprint density at radius 2 is 2.26 bits per heavy atom. The molecule has 6 heteroatoms. The molecular formula is C17H25N5O. The first kappa shape index (κ1) is 16.0. The molecular weight excluding hydrogens is 290 g/mol. The van der Waals surface area contributed by atoms with Crippen LogP contribution in [0.1, 0.15) is 12.0 Å². The van der Waals surface area contributed by atoms with E-state index in [0.717, 1.165) is 45.0 Å². The molecule has 23 heavy (non-hydrogen) atoms.